The first-order chi connectivity index (χ1) is 13.7. The van der Waals surface area contributed by atoms with Crippen LogP contribution in [-0.4, -0.2) is 25.0 Å². The van der Waals surface area contributed by atoms with Crippen molar-refractivity contribution in [1.82, 2.24) is 0 Å². The number of hydrogen-bond donors (Lipinski definition) is 2. The summed E-state index contributed by atoms with van der Waals surface area (Å²) in [5.41, 5.74) is -0.238. The third-order valence-corrected chi connectivity index (χ3v) is 5.93. The molecule has 2 aromatic rings. The normalized spacial score (nSPS) is 15.1. The number of benzene rings is 2. The molecule has 7 nitrogen and oxygen atoms in total. The van der Waals surface area contributed by atoms with Crippen molar-refractivity contribution in [2.24, 2.45) is 5.73 Å². The molecule has 30 heavy (non-hydrogen) atoms. The SMILES string of the molecule is CC(O)(C(N)=O)C(OS(=O)(=O)c1ccc(Br)cc1)c1ccc(C#N)c(C(F)(F)F)c1. The Hall–Kier alpha value is -2.46. The van der Waals surface area contributed by atoms with Crippen LogP contribution in [-0.2, 0) is 25.3 Å². The predicted molar refractivity (Wildman–Crippen MR) is 101 cm³/mol. The maximum atomic E-state index is 13.3. The monoisotopic (exact) mass is 506 g/mol. The highest BCUT2D eigenvalue weighted by Crippen LogP contribution is 2.38. The molecule has 160 valence electrons. The van der Waals surface area contributed by atoms with E-state index in [1.54, 1.807) is 0 Å². The van der Waals surface area contributed by atoms with Gasteiger partial charge in [0, 0.05) is 4.47 Å². The molecule has 0 aliphatic heterocycles. The van der Waals surface area contributed by atoms with Crippen molar-refractivity contribution < 1.29 is 35.7 Å². The number of nitrogens with two attached hydrogens (primary N) is 1. The lowest BCUT2D eigenvalue weighted by Gasteiger charge is -2.30. The second-order valence-electron chi connectivity index (χ2n) is 6.31. The quantitative estimate of drug-likeness (QED) is 0.579. The number of halogens is 4. The molecule has 2 aromatic carbocycles. The van der Waals surface area contributed by atoms with Crippen LogP contribution in [0.5, 0.6) is 0 Å². The molecule has 2 unspecified atom stereocenters. The minimum atomic E-state index is -4.96. The number of alkyl halides is 3. The van der Waals surface area contributed by atoms with Crippen LogP contribution in [0.25, 0.3) is 0 Å². The van der Waals surface area contributed by atoms with E-state index in [1.807, 2.05) is 0 Å². The van der Waals surface area contributed by atoms with Gasteiger partial charge in [-0.15, -0.1) is 0 Å². The Morgan fingerprint density at radius 1 is 1.23 bits per heavy atom. The lowest BCUT2D eigenvalue weighted by atomic mass is 9.90. The molecule has 0 aromatic heterocycles. The van der Waals surface area contributed by atoms with E-state index in [1.165, 1.54) is 18.2 Å². The summed E-state index contributed by atoms with van der Waals surface area (Å²) in [5, 5.41) is 19.4. The molecule has 12 heteroatoms. The van der Waals surface area contributed by atoms with Crippen molar-refractivity contribution >= 4 is 32.0 Å². The maximum Gasteiger partial charge on any atom is 0.417 e. The number of nitrogens with zero attached hydrogens (tertiary/aromatic N) is 1. The number of rotatable bonds is 6. The van der Waals surface area contributed by atoms with Crippen molar-refractivity contribution in [2.45, 2.75) is 29.7 Å². The Kier molecular flexibility index (Phi) is 6.63. The van der Waals surface area contributed by atoms with Gasteiger partial charge < -0.3 is 10.8 Å². The van der Waals surface area contributed by atoms with Gasteiger partial charge in [-0.05, 0) is 48.9 Å². The average Bonchev–Trinajstić information content (AvgIpc) is 2.65. The van der Waals surface area contributed by atoms with Gasteiger partial charge in [0.2, 0.25) is 0 Å². The maximum absolute atomic E-state index is 13.3. The van der Waals surface area contributed by atoms with Crippen LogP contribution in [0.1, 0.15) is 29.7 Å². The molecule has 3 N–H and O–H groups in total. The van der Waals surface area contributed by atoms with E-state index in [-0.39, 0.29) is 4.90 Å². The third-order valence-electron chi connectivity index (χ3n) is 4.11. The van der Waals surface area contributed by atoms with Crippen molar-refractivity contribution in [2.75, 3.05) is 0 Å². The highest BCUT2D eigenvalue weighted by molar-refractivity contribution is 9.10. The minimum absolute atomic E-state index is 0.374. The van der Waals surface area contributed by atoms with Gasteiger partial charge in [-0.25, -0.2) is 0 Å². The molecular formula is C18H14BrF3N2O5S. The number of carbonyl (C=O) groups excluding carboxylic acids is 1. The van der Waals surface area contributed by atoms with E-state index in [9.17, 15) is 31.5 Å². The molecule has 2 rings (SSSR count). The van der Waals surface area contributed by atoms with Gasteiger partial charge in [0.05, 0.1) is 22.1 Å². The Balaban J connectivity index is 2.65. The lowest BCUT2D eigenvalue weighted by molar-refractivity contribution is -0.144. The summed E-state index contributed by atoms with van der Waals surface area (Å²) >= 11 is 3.12. The molecule has 0 heterocycles. The van der Waals surface area contributed by atoms with Crippen LogP contribution in [0.15, 0.2) is 51.8 Å². The Labute approximate surface area is 178 Å². The van der Waals surface area contributed by atoms with Crippen LogP contribution in [0.2, 0.25) is 0 Å². The highest BCUT2D eigenvalue weighted by atomic mass is 79.9. The summed E-state index contributed by atoms with van der Waals surface area (Å²) in [5.74, 6) is -1.43. The first-order valence-electron chi connectivity index (χ1n) is 8.02. The molecule has 0 radical (unpaired) electrons. The molecular weight excluding hydrogens is 493 g/mol. The average molecular weight is 507 g/mol. The molecule has 0 bridgehead atoms. The molecule has 0 spiro atoms. The van der Waals surface area contributed by atoms with Gasteiger partial charge in [0.15, 0.2) is 5.60 Å². The highest BCUT2D eigenvalue weighted by Gasteiger charge is 2.44. The van der Waals surface area contributed by atoms with Crippen LogP contribution in [0, 0.1) is 11.3 Å². The largest absolute Gasteiger partial charge is 0.417 e. The number of hydrogen-bond acceptors (Lipinski definition) is 6. The number of carbonyl (C=O) groups is 1. The summed E-state index contributed by atoms with van der Waals surface area (Å²) < 4.78 is 70.7. The van der Waals surface area contributed by atoms with Crippen molar-refractivity contribution in [3.8, 4) is 6.07 Å². The Morgan fingerprint density at radius 2 is 1.80 bits per heavy atom. The Bertz CT molecular complexity index is 1110. The lowest BCUT2D eigenvalue weighted by Crippen LogP contribution is -2.47. The summed E-state index contributed by atoms with van der Waals surface area (Å²) in [6, 6.07) is 8.56. The molecule has 1 amide bonds. The fourth-order valence-electron chi connectivity index (χ4n) is 2.44. The zero-order valence-corrected chi connectivity index (χ0v) is 17.5. The standard InChI is InChI=1S/C18H14BrF3N2O5S/c1-17(26,16(24)25)15(29-30(27,28)13-6-4-12(19)5-7-13)10-2-3-11(9-23)14(8-10)18(20,21)22/h2-8,15,26H,1H3,(H2,24,25). The molecule has 2 atom stereocenters. The van der Waals surface area contributed by atoms with Gasteiger partial charge in [-0.3, -0.25) is 8.98 Å². The second kappa shape index (κ2) is 8.35. The fourth-order valence-corrected chi connectivity index (χ4v) is 3.84. The fraction of sp³-hybridized carbons (Fsp3) is 0.222. The zero-order chi connectivity index (χ0) is 22.9. The van der Waals surface area contributed by atoms with Gasteiger partial charge in [0.1, 0.15) is 6.10 Å². The molecule has 0 saturated heterocycles. The third kappa shape index (κ3) is 4.99. The predicted octanol–water partition coefficient (Wildman–Crippen LogP) is 3.02. The molecule has 0 aliphatic rings. The smallest absolute Gasteiger partial charge is 0.377 e. The van der Waals surface area contributed by atoms with Crippen LogP contribution < -0.4 is 5.73 Å². The van der Waals surface area contributed by atoms with Crippen molar-refractivity contribution in [3.63, 3.8) is 0 Å². The van der Waals surface area contributed by atoms with E-state index < -0.39 is 50.6 Å². The van der Waals surface area contributed by atoms with E-state index in [0.717, 1.165) is 31.2 Å². The first-order valence-corrected chi connectivity index (χ1v) is 10.2. The summed E-state index contributed by atoms with van der Waals surface area (Å²) in [6.07, 6.45) is -7.09. The number of primary amides is 1. The summed E-state index contributed by atoms with van der Waals surface area (Å²) in [6.45, 7) is 0.808. The van der Waals surface area contributed by atoms with Crippen LogP contribution in [0.3, 0.4) is 0 Å². The van der Waals surface area contributed by atoms with Crippen LogP contribution >= 0.6 is 15.9 Å². The van der Waals surface area contributed by atoms with Crippen LogP contribution in [0.4, 0.5) is 13.2 Å². The second-order valence-corrected chi connectivity index (χ2v) is 8.80. The minimum Gasteiger partial charge on any atom is -0.377 e. The number of amides is 1. The van der Waals surface area contributed by atoms with Gasteiger partial charge in [0.25, 0.3) is 16.0 Å². The van der Waals surface area contributed by atoms with Crippen molar-refractivity contribution in [1.29, 1.82) is 5.26 Å². The summed E-state index contributed by atoms with van der Waals surface area (Å²) in [4.78, 5) is 11.4. The zero-order valence-electron chi connectivity index (χ0n) is 15.1. The van der Waals surface area contributed by atoms with E-state index in [2.05, 4.69) is 15.9 Å². The van der Waals surface area contributed by atoms with Crippen molar-refractivity contribution in [3.05, 3.63) is 63.6 Å². The molecule has 0 fully saturated rings. The molecule has 0 saturated carbocycles. The van der Waals surface area contributed by atoms with Gasteiger partial charge >= 0.3 is 6.18 Å². The topological polar surface area (TPSA) is 130 Å². The van der Waals surface area contributed by atoms with Gasteiger partial charge in [-0.1, -0.05) is 22.0 Å². The molecule has 0 aliphatic carbocycles. The van der Waals surface area contributed by atoms with E-state index in [4.69, 9.17) is 15.2 Å². The van der Waals surface area contributed by atoms with E-state index in [0.29, 0.717) is 10.5 Å². The summed E-state index contributed by atoms with van der Waals surface area (Å²) in [7, 11) is -4.64. The van der Waals surface area contributed by atoms with Gasteiger partial charge in [-0.2, -0.15) is 26.9 Å². The number of aliphatic hydroxyl groups is 1. The van der Waals surface area contributed by atoms with E-state index >= 15 is 0 Å². The first kappa shape index (κ1) is 23.8. The Morgan fingerprint density at radius 3 is 2.27 bits per heavy atom. The number of nitriles is 1.